The lowest BCUT2D eigenvalue weighted by molar-refractivity contribution is 0.587. The monoisotopic (exact) mass is 690 g/mol. The summed E-state index contributed by atoms with van der Waals surface area (Å²) in [6, 6.07) is 42.5. The fraction of sp³-hybridized carbons (Fsp3) is 0.208. The summed E-state index contributed by atoms with van der Waals surface area (Å²) >= 11 is 4.06. The van der Waals surface area contributed by atoms with Crippen LogP contribution in [0.2, 0.25) is 0 Å². The Bertz CT molecular complexity index is 2560. The molecule has 0 nitrogen and oxygen atoms in total. The normalized spacial score (nSPS) is 16.6. The van der Waals surface area contributed by atoms with Crippen molar-refractivity contribution in [2.24, 2.45) is 0 Å². The van der Waals surface area contributed by atoms with Crippen molar-refractivity contribution in [3.8, 4) is 22.3 Å². The Morgan fingerprint density at radius 1 is 0.529 bits per heavy atom. The van der Waals surface area contributed by atoms with Crippen LogP contribution in [0.4, 0.5) is 0 Å². The van der Waals surface area contributed by atoms with Gasteiger partial charge in [-0.3, -0.25) is 0 Å². The van der Waals surface area contributed by atoms with Gasteiger partial charge in [0.25, 0.3) is 0 Å². The molecule has 0 fully saturated rings. The molecule has 246 valence electrons. The van der Waals surface area contributed by atoms with E-state index in [2.05, 4.69) is 158 Å². The standard InChI is InChI=1S/C48H39BS2/c1-46(2,3)28-24-37-43-38(25-28)51-45-36(23-21-34-40(45)32-19-17-27-13-9-11-15-30(27)42(32)48(34,6)7)49(43)35-22-20-33-39(44(35)50-37)31-18-16-26-12-8-10-14-29(26)41(31)47(33,4)5/h8-25H,1-7H3. The van der Waals surface area contributed by atoms with E-state index in [1.165, 1.54) is 108 Å². The van der Waals surface area contributed by atoms with Gasteiger partial charge in [0.2, 0.25) is 6.71 Å². The first-order chi connectivity index (χ1) is 24.4. The predicted octanol–water partition coefficient (Wildman–Crippen LogP) is 11.3. The van der Waals surface area contributed by atoms with Crippen molar-refractivity contribution in [2.45, 2.75) is 84.3 Å². The molecule has 0 spiro atoms. The second-order valence-electron chi connectivity index (χ2n) is 17.3. The van der Waals surface area contributed by atoms with Crippen LogP contribution in [0, 0.1) is 0 Å². The quantitative estimate of drug-likeness (QED) is 0.145. The molecule has 0 bridgehead atoms. The summed E-state index contributed by atoms with van der Waals surface area (Å²) in [4.78, 5) is 5.77. The summed E-state index contributed by atoms with van der Waals surface area (Å²) in [6.45, 7) is 17.0. The molecule has 0 N–H and O–H groups in total. The Morgan fingerprint density at radius 3 is 1.43 bits per heavy atom. The highest BCUT2D eigenvalue weighted by atomic mass is 32.2. The largest absolute Gasteiger partial charge is 0.247 e. The first-order valence-electron chi connectivity index (χ1n) is 18.4. The van der Waals surface area contributed by atoms with Crippen LogP contribution in [0.3, 0.4) is 0 Å². The van der Waals surface area contributed by atoms with Crippen molar-refractivity contribution in [2.75, 3.05) is 0 Å². The number of rotatable bonds is 0. The van der Waals surface area contributed by atoms with Crippen LogP contribution >= 0.6 is 23.5 Å². The molecular weight excluding hydrogens is 651 g/mol. The van der Waals surface area contributed by atoms with Crippen molar-refractivity contribution in [3.63, 3.8) is 0 Å². The average molecular weight is 691 g/mol. The number of hydrogen-bond donors (Lipinski definition) is 0. The summed E-state index contributed by atoms with van der Waals surface area (Å²) in [6.07, 6.45) is 0. The Labute approximate surface area is 310 Å². The highest BCUT2D eigenvalue weighted by molar-refractivity contribution is 8.01. The van der Waals surface area contributed by atoms with Crippen molar-refractivity contribution in [1.29, 1.82) is 0 Å². The molecule has 0 unspecified atom stereocenters. The molecule has 7 aromatic carbocycles. The van der Waals surface area contributed by atoms with E-state index < -0.39 is 0 Å². The van der Waals surface area contributed by atoms with Crippen molar-refractivity contribution in [3.05, 3.63) is 137 Å². The third-order valence-corrected chi connectivity index (χ3v) is 15.1. The molecule has 7 aromatic rings. The zero-order valence-corrected chi connectivity index (χ0v) is 31.9. The van der Waals surface area contributed by atoms with Gasteiger partial charge in [0.05, 0.1) is 0 Å². The highest BCUT2D eigenvalue weighted by Crippen LogP contribution is 2.58. The van der Waals surface area contributed by atoms with Crippen LogP contribution in [0.1, 0.15) is 76.3 Å². The van der Waals surface area contributed by atoms with E-state index in [1.54, 1.807) is 0 Å². The Kier molecular flexibility index (Phi) is 5.86. The smallest absolute Gasteiger partial charge is 0.0905 e. The maximum Gasteiger partial charge on any atom is 0.247 e. The van der Waals surface area contributed by atoms with Gasteiger partial charge >= 0.3 is 0 Å². The molecular formula is C48H39BS2. The molecule has 2 aliphatic heterocycles. The average Bonchev–Trinajstić information content (AvgIpc) is 3.51. The van der Waals surface area contributed by atoms with Crippen LogP contribution in [0.15, 0.2) is 129 Å². The van der Waals surface area contributed by atoms with Crippen LogP contribution in [0.25, 0.3) is 43.8 Å². The summed E-state index contributed by atoms with van der Waals surface area (Å²) in [5.74, 6) is 0. The molecule has 2 heterocycles. The van der Waals surface area contributed by atoms with Crippen LogP contribution in [-0.2, 0) is 16.2 Å². The van der Waals surface area contributed by atoms with Gasteiger partial charge in [0.1, 0.15) is 0 Å². The summed E-state index contributed by atoms with van der Waals surface area (Å²) in [5, 5.41) is 5.41. The second kappa shape index (κ2) is 9.82. The molecule has 4 aliphatic rings. The minimum Gasteiger partial charge on any atom is -0.0905 e. The molecule has 11 rings (SSSR count). The van der Waals surface area contributed by atoms with Crippen molar-refractivity contribution in [1.82, 2.24) is 0 Å². The van der Waals surface area contributed by atoms with Gasteiger partial charge < -0.3 is 0 Å². The second-order valence-corrected chi connectivity index (χ2v) is 19.4. The first-order valence-corrected chi connectivity index (χ1v) is 20.0. The molecule has 3 heteroatoms. The van der Waals surface area contributed by atoms with E-state index in [9.17, 15) is 0 Å². The van der Waals surface area contributed by atoms with Gasteiger partial charge in [-0.1, -0.05) is 180 Å². The minimum atomic E-state index is -0.0843. The number of benzene rings is 7. The highest BCUT2D eigenvalue weighted by Gasteiger charge is 2.47. The summed E-state index contributed by atoms with van der Waals surface area (Å²) in [5.41, 5.74) is 17.3. The van der Waals surface area contributed by atoms with Crippen LogP contribution in [-0.4, -0.2) is 6.71 Å². The zero-order valence-electron chi connectivity index (χ0n) is 30.3. The molecule has 2 aliphatic carbocycles. The third-order valence-electron chi connectivity index (χ3n) is 12.7. The maximum atomic E-state index is 2.53. The zero-order chi connectivity index (χ0) is 34.8. The Morgan fingerprint density at radius 2 is 0.980 bits per heavy atom. The molecule has 51 heavy (non-hydrogen) atoms. The molecule has 0 atom stereocenters. The lowest BCUT2D eigenvalue weighted by Crippen LogP contribution is -2.58. The van der Waals surface area contributed by atoms with Gasteiger partial charge in [-0.2, -0.15) is 0 Å². The Balaban J connectivity index is 1.22. The van der Waals surface area contributed by atoms with Crippen molar-refractivity contribution < 1.29 is 0 Å². The molecule has 0 saturated heterocycles. The lowest BCUT2D eigenvalue weighted by Gasteiger charge is -2.36. The minimum absolute atomic E-state index is 0.0426. The molecule has 0 amide bonds. The van der Waals surface area contributed by atoms with E-state index in [0.717, 1.165) is 0 Å². The molecule has 0 radical (unpaired) electrons. The van der Waals surface area contributed by atoms with E-state index in [1.807, 2.05) is 23.5 Å². The van der Waals surface area contributed by atoms with E-state index >= 15 is 0 Å². The van der Waals surface area contributed by atoms with E-state index in [0.29, 0.717) is 0 Å². The SMILES string of the molecule is CC(C)(C)c1cc2c3c(c1)Sc1c(ccc4c1-c1ccc5ccccc5c1C4(C)C)B3c1ccc3c(c1S2)-c1ccc2ccccc2c1C3(C)C. The topological polar surface area (TPSA) is 0 Å². The Hall–Kier alpha value is -4.18. The molecule has 0 saturated carbocycles. The first kappa shape index (κ1) is 30.5. The van der Waals surface area contributed by atoms with Gasteiger partial charge in [0.15, 0.2) is 0 Å². The third kappa shape index (κ3) is 3.82. The lowest BCUT2D eigenvalue weighted by atomic mass is 9.36. The summed E-state index contributed by atoms with van der Waals surface area (Å²) in [7, 11) is 0. The van der Waals surface area contributed by atoms with Gasteiger partial charge in [-0.15, -0.1) is 0 Å². The van der Waals surface area contributed by atoms with Gasteiger partial charge in [-0.05, 0) is 94.6 Å². The van der Waals surface area contributed by atoms with Crippen LogP contribution in [0.5, 0.6) is 0 Å². The maximum absolute atomic E-state index is 2.53. The van der Waals surface area contributed by atoms with Crippen LogP contribution < -0.4 is 16.4 Å². The van der Waals surface area contributed by atoms with Gasteiger partial charge in [0, 0.05) is 30.4 Å². The van der Waals surface area contributed by atoms with Crippen molar-refractivity contribution >= 4 is 68.2 Å². The summed E-state index contributed by atoms with van der Waals surface area (Å²) < 4.78 is 0. The van der Waals surface area contributed by atoms with Gasteiger partial charge in [-0.25, -0.2) is 0 Å². The van der Waals surface area contributed by atoms with E-state index in [4.69, 9.17) is 0 Å². The number of fused-ring (bicyclic) bond motifs is 16. The van der Waals surface area contributed by atoms with E-state index in [-0.39, 0.29) is 23.0 Å². The number of hydrogen-bond acceptors (Lipinski definition) is 2. The molecule has 0 aromatic heterocycles. The fourth-order valence-corrected chi connectivity index (χ4v) is 13.0. The predicted molar refractivity (Wildman–Crippen MR) is 221 cm³/mol. The fourth-order valence-electron chi connectivity index (χ4n) is 10.2.